The van der Waals surface area contributed by atoms with Crippen molar-refractivity contribution in [2.75, 3.05) is 17.2 Å². The third-order valence-electron chi connectivity index (χ3n) is 2.56. The van der Waals surface area contributed by atoms with Crippen molar-refractivity contribution < 1.29 is 4.79 Å². The summed E-state index contributed by atoms with van der Waals surface area (Å²) in [6.45, 7) is 2.70. The van der Waals surface area contributed by atoms with Crippen molar-refractivity contribution in [2.45, 2.75) is 6.92 Å². The van der Waals surface area contributed by atoms with Crippen LogP contribution in [0.2, 0.25) is 10.0 Å². The first kappa shape index (κ1) is 14.6. The molecule has 0 fully saturated rings. The van der Waals surface area contributed by atoms with E-state index in [1.165, 1.54) is 0 Å². The lowest BCUT2D eigenvalue weighted by molar-refractivity contribution is 0.102. The molecule has 104 valence electrons. The molecule has 0 aliphatic heterocycles. The fourth-order valence-corrected chi connectivity index (χ4v) is 1.92. The summed E-state index contributed by atoms with van der Waals surface area (Å²) >= 11 is 11.7. The number of anilines is 2. The molecule has 0 aliphatic rings. The minimum absolute atomic E-state index is 0.232. The van der Waals surface area contributed by atoms with Gasteiger partial charge < -0.3 is 10.6 Å². The SMILES string of the molecule is CCNc1cc(C(=O)Nc2ccc(Cl)c(Cl)c2)ccn1. The zero-order valence-corrected chi connectivity index (χ0v) is 12.3. The van der Waals surface area contributed by atoms with E-state index in [0.29, 0.717) is 27.1 Å². The highest BCUT2D eigenvalue weighted by Crippen LogP contribution is 2.25. The van der Waals surface area contributed by atoms with Crippen LogP contribution >= 0.6 is 23.2 Å². The molecule has 2 aromatic rings. The molecule has 20 heavy (non-hydrogen) atoms. The van der Waals surface area contributed by atoms with Crippen LogP contribution in [0.3, 0.4) is 0 Å². The van der Waals surface area contributed by atoms with Crippen molar-refractivity contribution in [1.29, 1.82) is 0 Å². The summed E-state index contributed by atoms with van der Waals surface area (Å²) in [7, 11) is 0. The first-order valence-electron chi connectivity index (χ1n) is 6.06. The molecule has 2 N–H and O–H groups in total. The number of carbonyl (C=O) groups excluding carboxylic acids is 1. The third-order valence-corrected chi connectivity index (χ3v) is 3.30. The van der Waals surface area contributed by atoms with Crippen molar-refractivity contribution in [3.8, 4) is 0 Å². The highest BCUT2D eigenvalue weighted by molar-refractivity contribution is 6.42. The van der Waals surface area contributed by atoms with Gasteiger partial charge in [-0.05, 0) is 37.3 Å². The number of nitrogens with zero attached hydrogens (tertiary/aromatic N) is 1. The minimum Gasteiger partial charge on any atom is -0.370 e. The minimum atomic E-state index is -0.232. The standard InChI is InChI=1S/C14H13Cl2N3O/c1-2-17-13-7-9(5-6-18-13)14(20)19-10-3-4-11(15)12(16)8-10/h3-8H,2H2,1H3,(H,17,18)(H,19,20). The van der Waals surface area contributed by atoms with Gasteiger partial charge in [-0.3, -0.25) is 4.79 Å². The second kappa shape index (κ2) is 6.59. The van der Waals surface area contributed by atoms with Crippen LogP contribution < -0.4 is 10.6 Å². The summed E-state index contributed by atoms with van der Waals surface area (Å²) in [4.78, 5) is 16.2. The Balaban J connectivity index is 2.15. The second-order valence-electron chi connectivity index (χ2n) is 4.04. The predicted octanol–water partition coefficient (Wildman–Crippen LogP) is 4.07. The van der Waals surface area contributed by atoms with Crippen molar-refractivity contribution >= 4 is 40.6 Å². The topological polar surface area (TPSA) is 54.0 Å². The largest absolute Gasteiger partial charge is 0.370 e. The number of carbonyl (C=O) groups is 1. The summed E-state index contributed by atoms with van der Waals surface area (Å²) in [6.07, 6.45) is 1.59. The molecule has 1 amide bonds. The second-order valence-corrected chi connectivity index (χ2v) is 4.86. The molecule has 1 aromatic carbocycles. The molecule has 0 atom stereocenters. The average Bonchev–Trinajstić information content (AvgIpc) is 2.43. The van der Waals surface area contributed by atoms with E-state index in [2.05, 4.69) is 15.6 Å². The summed E-state index contributed by atoms with van der Waals surface area (Å²) in [5.41, 5.74) is 1.10. The number of amides is 1. The summed E-state index contributed by atoms with van der Waals surface area (Å²) in [6, 6.07) is 8.27. The van der Waals surface area contributed by atoms with Crippen LogP contribution in [0.15, 0.2) is 36.5 Å². The zero-order chi connectivity index (χ0) is 14.5. The maximum Gasteiger partial charge on any atom is 0.255 e. The molecule has 0 aliphatic carbocycles. The number of rotatable bonds is 4. The highest BCUT2D eigenvalue weighted by Gasteiger charge is 2.08. The maximum atomic E-state index is 12.1. The summed E-state index contributed by atoms with van der Waals surface area (Å²) in [5.74, 6) is 0.430. The Hall–Kier alpha value is -1.78. The molecule has 0 spiro atoms. The Bertz CT molecular complexity index is 632. The van der Waals surface area contributed by atoms with Gasteiger partial charge in [-0.1, -0.05) is 23.2 Å². The number of hydrogen-bond acceptors (Lipinski definition) is 3. The van der Waals surface area contributed by atoms with Gasteiger partial charge in [0.25, 0.3) is 5.91 Å². The molecule has 2 rings (SSSR count). The van der Waals surface area contributed by atoms with Crippen LogP contribution in [0.5, 0.6) is 0 Å². The van der Waals surface area contributed by atoms with E-state index in [4.69, 9.17) is 23.2 Å². The van der Waals surface area contributed by atoms with Gasteiger partial charge in [0, 0.05) is 24.0 Å². The molecular weight excluding hydrogens is 297 g/mol. The Kier molecular flexibility index (Phi) is 4.82. The molecule has 0 radical (unpaired) electrons. The van der Waals surface area contributed by atoms with Gasteiger partial charge in [0.05, 0.1) is 10.0 Å². The molecule has 0 saturated heterocycles. The van der Waals surface area contributed by atoms with Gasteiger partial charge in [0.2, 0.25) is 0 Å². The predicted molar refractivity (Wildman–Crippen MR) is 82.8 cm³/mol. The molecule has 1 heterocycles. The van der Waals surface area contributed by atoms with Gasteiger partial charge >= 0.3 is 0 Å². The normalized spacial score (nSPS) is 10.2. The Morgan fingerprint density at radius 2 is 2.00 bits per heavy atom. The molecular formula is C14H13Cl2N3O. The van der Waals surface area contributed by atoms with Crippen LogP contribution in [0, 0.1) is 0 Å². The van der Waals surface area contributed by atoms with Gasteiger partial charge in [-0.25, -0.2) is 4.98 Å². The van der Waals surface area contributed by atoms with Gasteiger partial charge in [0.1, 0.15) is 5.82 Å². The molecule has 0 saturated carbocycles. The average molecular weight is 310 g/mol. The maximum absolute atomic E-state index is 12.1. The molecule has 0 bridgehead atoms. The van der Waals surface area contributed by atoms with E-state index in [9.17, 15) is 4.79 Å². The van der Waals surface area contributed by atoms with E-state index in [-0.39, 0.29) is 5.91 Å². The quantitative estimate of drug-likeness (QED) is 0.895. The van der Waals surface area contributed by atoms with Crippen LogP contribution in [-0.2, 0) is 0 Å². The summed E-state index contributed by atoms with van der Waals surface area (Å²) < 4.78 is 0. The summed E-state index contributed by atoms with van der Waals surface area (Å²) in [5, 5.41) is 6.65. The van der Waals surface area contributed by atoms with Crippen LogP contribution in [0.25, 0.3) is 0 Å². The lowest BCUT2D eigenvalue weighted by Gasteiger charge is -2.08. The lowest BCUT2D eigenvalue weighted by atomic mass is 10.2. The lowest BCUT2D eigenvalue weighted by Crippen LogP contribution is -2.12. The highest BCUT2D eigenvalue weighted by atomic mass is 35.5. The van der Waals surface area contributed by atoms with Crippen molar-refractivity contribution in [3.63, 3.8) is 0 Å². The number of aromatic nitrogens is 1. The first-order chi connectivity index (χ1) is 9.60. The number of pyridine rings is 1. The van der Waals surface area contributed by atoms with Gasteiger partial charge in [0.15, 0.2) is 0 Å². The Labute approximate surface area is 127 Å². The van der Waals surface area contributed by atoms with Gasteiger partial charge in [-0.15, -0.1) is 0 Å². The molecule has 1 aromatic heterocycles. The van der Waals surface area contributed by atoms with Gasteiger partial charge in [-0.2, -0.15) is 0 Å². The van der Waals surface area contributed by atoms with E-state index >= 15 is 0 Å². The molecule has 4 nitrogen and oxygen atoms in total. The first-order valence-corrected chi connectivity index (χ1v) is 6.82. The number of nitrogens with one attached hydrogen (secondary N) is 2. The fourth-order valence-electron chi connectivity index (χ4n) is 1.63. The van der Waals surface area contributed by atoms with Crippen molar-refractivity contribution in [2.24, 2.45) is 0 Å². The van der Waals surface area contributed by atoms with E-state index in [0.717, 1.165) is 6.54 Å². The van der Waals surface area contributed by atoms with Crippen molar-refractivity contribution in [1.82, 2.24) is 4.98 Å². The number of benzene rings is 1. The Morgan fingerprint density at radius 3 is 2.70 bits per heavy atom. The monoisotopic (exact) mass is 309 g/mol. The van der Waals surface area contributed by atoms with E-state index in [1.54, 1.807) is 36.5 Å². The molecule has 6 heteroatoms. The third kappa shape index (κ3) is 3.62. The van der Waals surface area contributed by atoms with Crippen molar-refractivity contribution in [3.05, 3.63) is 52.1 Å². The van der Waals surface area contributed by atoms with Crippen LogP contribution in [-0.4, -0.2) is 17.4 Å². The fraction of sp³-hybridized carbons (Fsp3) is 0.143. The Morgan fingerprint density at radius 1 is 1.20 bits per heavy atom. The van der Waals surface area contributed by atoms with E-state index in [1.807, 2.05) is 6.92 Å². The number of halogens is 2. The van der Waals surface area contributed by atoms with E-state index < -0.39 is 0 Å². The van der Waals surface area contributed by atoms with Crippen LogP contribution in [0.4, 0.5) is 11.5 Å². The van der Waals surface area contributed by atoms with Crippen LogP contribution in [0.1, 0.15) is 17.3 Å². The zero-order valence-electron chi connectivity index (χ0n) is 10.8. The number of hydrogen-bond donors (Lipinski definition) is 2. The smallest absolute Gasteiger partial charge is 0.255 e. The molecule has 0 unspecified atom stereocenters.